The fraction of sp³-hybridized carbons (Fsp3) is 0.500. The maximum Gasteiger partial charge on any atom is 0.433 e. The Kier molecular flexibility index (Phi) is 4.73. The van der Waals surface area contributed by atoms with Crippen LogP contribution in [0.1, 0.15) is 24.0 Å². The number of hydrogen-bond donors (Lipinski definition) is 0. The molecule has 3 rings (SSSR count). The molecule has 2 aromatic heterocycles. The molecule has 0 unspecified atom stereocenters. The van der Waals surface area contributed by atoms with Crippen LogP contribution < -0.4 is 9.80 Å². The maximum atomic E-state index is 12.9. The van der Waals surface area contributed by atoms with Crippen LogP contribution in [0.2, 0.25) is 0 Å². The number of anilines is 2. The van der Waals surface area contributed by atoms with Gasteiger partial charge in [0.25, 0.3) is 0 Å². The van der Waals surface area contributed by atoms with Crippen molar-refractivity contribution in [1.29, 1.82) is 0 Å². The second kappa shape index (κ2) is 6.81. The minimum absolute atomic E-state index is 0.116. The number of aromatic nitrogens is 4. The third kappa shape index (κ3) is 3.97. The number of alkyl halides is 3. The van der Waals surface area contributed by atoms with Crippen molar-refractivity contribution in [3.8, 4) is 0 Å². The number of hydrogen-bond acceptors (Lipinski definition) is 6. The lowest BCUT2D eigenvalue weighted by atomic mass is 10.2. The average molecular weight is 352 g/mol. The first-order valence-electron chi connectivity index (χ1n) is 8.10. The van der Waals surface area contributed by atoms with E-state index in [0.29, 0.717) is 37.9 Å². The number of rotatable bonds is 3. The van der Waals surface area contributed by atoms with E-state index in [9.17, 15) is 13.2 Å². The van der Waals surface area contributed by atoms with Crippen LogP contribution in [-0.4, -0.2) is 46.1 Å². The van der Waals surface area contributed by atoms with Gasteiger partial charge in [0.2, 0.25) is 5.95 Å². The van der Waals surface area contributed by atoms with Gasteiger partial charge >= 0.3 is 6.18 Å². The molecule has 0 N–H and O–H groups in total. The van der Waals surface area contributed by atoms with E-state index in [2.05, 4.69) is 19.9 Å². The summed E-state index contributed by atoms with van der Waals surface area (Å²) in [5.41, 5.74) is 0.162. The average Bonchev–Trinajstić information content (AvgIpc) is 2.61. The van der Waals surface area contributed by atoms with Gasteiger partial charge in [-0.2, -0.15) is 13.2 Å². The topological polar surface area (TPSA) is 58.0 Å². The van der Waals surface area contributed by atoms with Crippen molar-refractivity contribution in [2.24, 2.45) is 0 Å². The molecule has 3 heterocycles. The molecule has 0 bridgehead atoms. The second-order valence-corrected chi connectivity index (χ2v) is 5.88. The van der Waals surface area contributed by atoms with Gasteiger partial charge < -0.3 is 9.80 Å². The van der Waals surface area contributed by atoms with Gasteiger partial charge in [-0.25, -0.2) is 19.9 Å². The van der Waals surface area contributed by atoms with E-state index >= 15 is 0 Å². The molecule has 1 aliphatic rings. The first-order chi connectivity index (χ1) is 11.9. The zero-order chi connectivity index (χ0) is 18.0. The van der Waals surface area contributed by atoms with Crippen LogP contribution in [0.5, 0.6) is 0 Å². The summed E-state index contributed by atoms with van der Waals surface area (Å²) in [6.07, 6.45) is 0.0119. The van der Waals surface area contributed by atoms with Crippen molar-refractivity contribution in [3.63, 3.8) is 0 Å². The Morgan fingerprint density at radius 2 is 1.60 bits per heavy atom. The zero-order valence-corrected chi connectivity index (χ0v) is 14.1. The van der Waals surface area contributed by atoms with E-state index in [-0.39, 0.29) is 5.82 Å². The molecule has 0 spiro atoms. The predicted octanol–water partition coefficient (Wildman–Crippen LogP) is 2.48. The Bertz CT molecular complexity index is 724. The van der Waals surface area contributed by atoms with Crippen molar-refractivity contribution >= 4 is 11.8 Å². The first-order valence-corrected chi connectivity index (χ1v) is 8.10. The number of nitrogens with zero attached hydrogens (tertiary/aromatic N) is 6. The Hall–Kier alpha value is -2.45. The highest BCUT2D eigenvalue weighted by Gasteiger charge is 2.34. The molecule has 0 atom stereocenters. The number of halogens is 3. The summed E-state index contributed by atoms with van der Waals surface area (Å²) < 4.78 is 38.8. The third-order valence-electron chi connectivity index (χ3n) is 4.10. The van der Waals surface area contributed by atoms with Crippen LogP contribution in [0.4, 0.5) is 24.9 Å². The zero-order valence-electron chi connectivity index (χ0n) is 14.1. The molecule has 1 saturated heterocycles. The summed E-state index contributed by atoms with van der Waals surface area (Å²) in [7, 11) is 0. The third-order valence-corrected chi connectivity index (χ3v) is 4.10. The highest BCUT2D eigenvalue weighted by atomic mass is 19.4. The summed E-state index contributed by atoms with van der Waals surface area (Å²) in [5.74, 6) is 1.07. The second-order valence-electron chi connectivity index (χ2n) is 5.88. The van der Waals surface area contributed by atoms with Crippen LogP contribution in [0, 0.1) is 6.92 Å². The van der Waals surface area contributed by atoms with Gasteiger partial charge in [-0.1, -0.05) is 6.92 Å². The molecule has 0 radical (unpaired) electrons. The molecule has 0 saturated carbocycles. The molecule has 1 fully saturated rings. The monoisotopic (exact) mass is 352 g/mol. The van der Waals surface area contributed by atoms with Gasteiger partial charge in [0.15, 0.2) is 0 Å². The SMILES string of the molecule is CCc1cnc(N2CCN(c3cc(C(F)(F)F)nc(C)n3)CC2)nc1. The van der Waals surface area contributed by atoms with Crippen molar-refractivity contribution in [2.75, 3.05) is 36.0 Å². The minimum Gasteiger partial charge on any atom is -0.353 e. The van der Waals surface area contributed by atoms with Crippen LogP contribution >= 0.6 is 0 Å². The van der Waals surface area contributed by atoms with Crippen molar-refractivity contribution in [2.45, 2.75) is 26.4 Å². The molecule has 0 amide bonds. The summed E-state index contributed by atoms with van der Waals surface area (Å²) in [6, 6.07) is 1.01. The van der Waals surface area contributed by atoms with Gasteiger partial charge in [0, 0.05) is 44.6 Å². The highest BCUT2D eigenvalue weighted by Crippen LogP contribution is 2.30. The molecule has 25 heavy (non-hydrogen) atoms. The van der Waals surface area contributed by atoms with Crippen molar-refractivity contribution in [1.82, 2.24) is 19.9 Å². The lowest BCUT2D eigenvalue weighted by Gasteiger charge is -2.35. The van der Waals surface area contributed by atoms with E-state index < -0.39 is 11.9 Å². The van der Waals surface area contributed by atoms with Crippen molar-refractivity contribution in [3.05, 3.63) is 35.5 Å². The quantitative estimate of drug-likeness (QED) is 0.846. The molecule has 2 aromatic rings. The molecule has 6 nitrogen and oxygen atoms in total. The van der Waals surface area contributed by atoms with E-state index in [1.165, 1.54) is 6.92 Å². The van der Waals surface area contributed by atoms with Gasteiger partial charge in [-0.15, -0.1) is 0 Å². The smallest absolute Gasteiger partial charge is 0.353 e. The van der Waals surface area contributed by atoms with E-state index in [0.717, 1.165) is 18.1 Å². The van der Waals surface area contributed by atoms with Gasteiger partial charge in [0.1, 0.15) is 17.3 Å². The highest BCUT2D eigenvalue weighted by molar-refractivity contribution is 5.43. The number of aryl methyl sites for hydroxylation is 2. The summed E-state index contributed by atoms with van der Waals surface area (Å²) in [4.78, 5) is 20.2. The Labute approximate surface area is 143 Å². The fourth-order valence-corrected chi connectivity index (χ4v) is 2.69. The molecular formula is C16H19F3N6. The normalized spacial score (nSPS) is 15.6. The van der Waals surface area contributed by atoms with Crippen LogP contribution in [0.3, 0.4) is 0 Å². The van der Waals surface area contributed by atoms with Gasteiger partial charge in [-0.05, 0) is 18.9 Å². The summed E-state index contributed by atoms with van der Waals surface area (Å²) in [5, 5.41) is 0. The lowest BCUT2D eigenvalue weighted by molar-refractivity contribution is -0.141. The first kappa shape index (κ1) is 17.4. The molecule has 0 aliphatic carbocycles. The fourth-order valence-electron chi connectivity index (χ4n) is 2.69. The van der Waals surface area contributed by atoms with Gasteiger partial charge in [-0.3, -0.25) is 0 Å². The van der Waals surface area contributed by atoms with Crippen LogP contribution in [0.25, 0.3) is 0 Å². The predicted molar refractivity (Wildman–Crippen MR) is 87.6 cm³/mol. The van der Waals surface area contributed by atoms with E-state index in [4.69, 9.17) is 0 Å². The summed E-state index contributed by atoms with van der Waals surface area (Å²) in [6.45, 7) is 5.85. The molecule has 1 aliphatic heterocycles. The molecule has 0 aromatic carbocycles. The number of piperazine rings is 1. The maximum absolute atomic E-state index is 12.9. The van der Waals surface area contributed by atoms with Crippen LogP contribution in [0.15, 0.2) is 18.5 Å². The summed E-state index contributed by atoms with van der Waals surface area (Å²) >= 11 is 0. The largest absolute Gasteiger partial charge is 0.433 e. The van der Waals surface area contributed by atoms with E-state index in [1.807, 2.05) is 16.7 Å². The molecule has 9 heteroatoms. The van der Waals surface area contributed by atoms with Gasteiger partial charge in [0.05, 0.1) is 0 Å². The Balaban J connectivity index is 1.70. The van der Waals surface area contributed by atoms with Crippen LogP contribution in [-0.2, 0) is 12.6 Å². The minimum atomic E-state index is -4.47. The Morgan fingerprint density at radius 1 is 1.00 bits per heavy atom. The molecule has 134 valence electrons. The van der Waals surface area contributed by atoms with Crippen molar-refractivity contribution < 1.29 is 13.2 Å². The lowest BCUT2D eigenvalue weighted by Crippen LogP contribution is -2.47. The molecular weight excluding hydrogens is 333 g/mol. The Morgan fingerprint density at radius 3 is 2.16 bits per heavy atom. The standard InChI is InChI=1S/C16H19F3N6/c1-3-12-9-20-15(21-10-12)25-6-4-24(5-7-25)14-8-13(16(17,18)19)22-11(2)23-14/h8-10H,3-7H2,1-2H3. The van der Waals surface area contributed by atoms with E-state index in [1.54, 1.807) is 12.4 Å².